The minimum absolute atomic E-state index is 0.0129. The van der Waals surface area contributed by atoms with Crippen molar-refractivity contribution >= 4 is 45.3 Å². The normalized spacial score (nSPS) is 13.8. The third-order valence-corrected chi connectivity index (χ3v) is 6.13. The van der Waals surface area contributed by atoms with Gasteiger partial charge in [0.25, 0.3) is 11.6 Å². The standard InChI is InChI=1S/C25H20N6O6/c1-14-23-20(29-28-19-11-10-15(30(33)34)13-21(19)31(35)36)8-3-9-22(23)37-24(14)25(32)27-18-7-2-6-17-16(18)5-4-12-26-17/h2,4-7,10-13,28H,3,8-9H2,1H3,(H,27,32)/b29-20+. The summed E-state index contributed by atoms with van der Waals surface area (Å²) >= 11 is 0. The first-order chi connectivity index (χ1) is 17.8. The molecule has 12 nitrogen and oxygen atoms in total. The number of hydrazone groups is 1. The molecule has 1 aliphatic rings. The summed E-state index contributed by atoms with van der Waals surface area (Å²) in [5.74, 6) is 0.343. The van der Waals surface area contributed by atoms with Crippen LogP contribution in [-0.2, 0) is 6.42 Å². The lowest BCUT2D eigenvalue weighted by molar-refractivity contribution is -0.393. The molecule has 0 saturated heterocycles. The highest BCUT2D eigenvalue weighted by Crippen LogP contribution is 2.33. The molecule has 0 fully saturated rings. The van der Waals surface area contributed by atoms with Crippen molar-refractivity contribution in [3.63, 3.8) is 0 Å². The molecule has 2 heterocycles. The lowest BCUT2D eigenvalue weighted by Gasteiger charge is -2.13. The molecule has 2 N–H and O–H groups in total. The summed E-state index contributed by atoms with van der Waals surface area (Å²) in [6.07, 6.45) is 3.55. The molecular formula is C25H20N6O6. The van der Waals surface area contributed by atoms with Crippen molar-refractivity contribution in [3.05, 3.63) is 97.6 Å². The summed E-state index contributed by atoms with van der Waals surface area (Å²) in [6, 6.07) is 12.4. The summed E-state index contributed by atoms with van der Waals surface area (Å²) in [4.78, 5) is 38.5. The Kier molecular flexibility index (Phi) is 6.05. The van der Waals surface area contributed by atoms with Crippen LogP contribution in [-0.4, -0.2) is 26.4 Å². The van der Waals surface area contributed by atoms with Gasteiger partial charge in [0.05, 0.1) is 32.8 Å². The summed E-state index contributed by atoms with van der Waals surface area (Å²) in [5.41, 5.74) is 5.02. The van der Waals surface area contributed by atoms with Crippen molar-refractivity contribution < 1.29 is 19.1 Å². The van der Waals surface area contributed by atoms with Crippen molar-refractivity contribution in [2.75, 3.05) is 10.7 Å². The number of nitro groups is 2. The molecule has 0 saturated carbocycles. The van der Waals surface area contributed by atoms with Gasteiger partial charge in [0.2, 0.25) is 0 Å². The molecule has 2 aromatic carbocycles. The number of aryl methyl sites for hydroxylation is 1. The molecule has 0 radical (unpaired) electrons. The molecule has 186 valence electrons. The average Bonchev–Trinajstić information content (AvgIpc) is 3.24. The van der Waals surface area contributed by atoms with Crippen molar-refractivity contribution in [3.8, 4) is 0 Å². The van der Waals surface area contributed by atoms with Crippen LogP contribution in [0.1, 0.15) is 40.3 Å². The summed E-state index contributed by atoms with van der Waals surface area (Å²) in [7, 11) is 0. The maximum absolute atomic E-state index is 13.2. The number of nitrogens with one attached hydrogen (secondary N) is 2. The SMILES string of the molecule is Cc1c(C(=O)Nc2cccc3ncccc23)oc2c1/C(=N/Nc1ccc([N+](=O)[O-])cc1[N+](=O)[O-])CCC2. The highest BCUT2D eigenvalue weighted by molar-refractivity contribution is 6.11. The topological polar surface area (TPSA) is 166 Å². The summed E-state index contributed by atoms with van der Waals surface area (Å²) in [6.45, 7) is 1.76. The van der Waals surface area contributed by atoms with E-state index in [9.17, 15) is 25.0 Å². The van der Waals surface area contributed by atoms with Crippen molar-refractivity contribution in [2.24, 2.45) is 5.10 Å². The van der Waals surface area contributed by atoms with Crippen molar-refractivity contribution in [2.45, 2.75) is 26.2 Å². The Morgan fingerprint density at radius 1 is 1.05 bits per heavy atom. The van der Waals surface area contributed by atoms with Gasteiger partial charge in [-0.05, 0) is 50.1 Å². The minimum atomic E-state index is -0.712. The predicted octanol–water partition coefficient (Wildman–Crippen LogP) is 5.36. The molecule has 0 spiro atoms. The van der Waals surface area contributed by atoms with Crippen molar-refractivity contribution in [1.29, 1.82) is 0 Å². The van der Waals surface area contributed by atoms with Crippen molar-refractivity contribution in [1.82, 2.24) is 4.98 Å². The van der Waals surface area contributed by atoms with Gasteiger partial charge in [-0.2, -0.15) is 5.10 Å². The van der Waals surface area contributed by atoms with Gasteiger partial charge in [0.15, 0.2) is 5.76 Å². The molecule has 1 aliphatic carbocycles. The number of nitrogens with zero attached hydrogens (tertiary/aromatic N) is 4. The maximum Gasteiger partial charge on any atom is 0.301 e. The molecule has 4 aromatic rings. The molecule has 0 bridgehead atoms. The Hall–Kier alpha value is -5.13. The number of hydrogen-bond donors (Lipinski definition) is 2. The Balaban J connectivity index is 1.44. The first-order valence-electron chi connectivity index (χ1n) is 11.4. The molecule has 5 rings (SSSR count). The number of pyridine rings is 1. The predicted molar refractivity (Wildman–Crippen MR) is 136 cm³/mol. The van der Waals surface area contributed by atoms with E-state index in [4.69, 9.17) is 4.42 Å². The smallest absolute Gasteiger partial charge is 0.301 e. The van der Waals surface area contributed by atoms with Gasteiger partial charge in [0, 0.05) is 35.2 Å². The third kappa shape index (κ3) is 4.47. The Bertz CT molecular complexity index is 1600. The molecule has 0 aliphatic heterocycles. The molecule has 2 aromatic heterocycles. The van der Waals surface area contributed by atoms with Gasteiger partial charge in [-0.15, -0.1) is 0 Å². The highest BCUT2D eigenvalue weighted by Gasteiger charge is 2.28. The Morgan fingerprint density at radius 2 is 1.89 bits per heavy atom. The largest absolute Gasteiger partial charge is 0.455 e. The number of benzene rings is 2. The lowest BCUT2D eigenvalue weighted by atomic mass is 9.93. The molecule has 12 heteroatoms. The van der Waals surface area contributed by atoms with Gasteiger partial charge in [-0.1, -0.05) is 6.07 Å². The zero-order chi connectivity index (χ0) is 26.1. The van der Waals surface area contributed by atoms with E-state index < -0.39 is 27.1 Å². The van der Waals surface area contributed by atoms with Gasteiger partial charge < -0.3 is 9.73 Å². The number of anilines is 2. The zero-order valence-corrected chi connectivity index (χ0v) is 19.6. The quantitative estimate of drug-likeness (QED) is 0.264. The number of aromatic nitrogens is 1. The third-order valence-electron chi connectivity index (χ3n) is 6.13. The number of carbonyl (C=O) groups is 1. The number of fused-ring (bicyclic) bond motifs is 2. The number of furan rings is 1. The van der Waals surface area contributed by atoms with Crippen LogP contribution in [0.25, 0.3) is 10.9 Å². The van der Waals surface area contributed by atoms with Crippen LogP contribution in [0.5, 0.6) is 0 Å². The number of amides is 1. The molecule has 0 unspecified atom stereocenters. The van der Waals surface area contributed by atoms with Crippen LogP contribution in [0.3, 0.4) is 0 Å². The first kappa shape index (κ1) is 23.6. The van der Waals surface area contributed by atoms with Gasteiger partial charge in [-0.3, -0.25) is 35.4 Å². The van der Waals surface area contributed by atoms with Gasteiger partial charge in [0.1, 0.15) is 11.4 Å². The Labute approximate surface area is 209 Å². The number of nitro benzene ring substituents is 2. The van der Waals surface area contributed by atoms with Crippen LogP contribution in [0.4, 0.5) is 22.7 Å². The first-order valence-corrected chi connectivity index (χ1v) is 11.4. The minimum Gasteiger partial charge on any atom is -0.455 e. The van der Waals surface area contributed by atoms with E-state index in [1.807, 2.05) is 12.1 Å². The van der Waals surface area contributed by atoms with E-state index in [2.05, 4.69) is 20.8 Å². The van der Waals surface area contributed by atoms with Crippen LogP contribution >= 0.6 is 0 Å². The summed E-state index contributed by atoms with van der Waals surface area (Å²) < 4.78 is 5.95. The van der Waals surface area contributed by atoms with Gasteiger partial charge in [-0.25, -0.2) is 0 Å². The maximum atomic E-state index is 13.2. The summed E-state index contributed by atoms with van der Waals surface area (Å²) in [5, 5.41) is 30.5. The highest BCUT2D eigenvalue weighted by atomic mass is 16.6. The van der Waals surface area contributed by atoms with E-state index in [0.29, 0.717) is 47.5 Å². The molecule has 0 atom stereocenters. The number of hydrogen-bond acceptors (Lipinski definition) is 9. The lowest BCUT2D eigenvalue weighted by Crippen LogP contribution is -2.14. The average molecular weight is 500 g/mol. The molecule has 37 heavy (non-hydrogen) atoms. The van der Waals surface area contributed by atoms with E-state index in [-0.39, 0.29) is 11.4 Å². The second-order valence-electron chi connectivity index (χ2n) is 8.42. The number of rotatable bonds is 6. The fourth-order valence-corrected chi connectivity index (χ4v) is 4.40. The van der Waals surface area contributed by atoms with Crippen LogP contribution in [0.2, 0.25) is 0 Å². The van der Waals surface area contributed by atoms with Crippen LogP contribution in [0.15, 0.2) is 64.2 Å². The van der Waals surface area contributed by atoms with Crippen LogP contribution in [0, 0.1) is 27.2 Å². The fourth-order valence-electron chi connectivity index (χ4n) is 4.40. The molecule has 1 amide bonds. The second-order valence-corrected chi connectivity index (χ2v) is 8.42. The number of carbonyl (C=O) groups excluding carboxylic acids is 1. The van der Waals surface area contributed by atoms with Crippen LogP contribution < -0.4 is 10.7 Å². The Morgan fingerprint density at radius 3 is 2.68 bits per heavy atom. The molecular weight excluding hydrogens is 480 g/mol. The second kappa shape index (κ2) is 9.49. The monoisotopic (exact) mass is 500 g/mol. The zero-order valence-electron chi connectivity index (χ0n) is 19.6. The van der Waals surface area contributed by atoms with E-state index >= 15 is 0 Å². The van der Waals surface area contributed by atoms with E-state index in [1.165, 1.54) is 6.07 Å². The van der Waals surface area contributed by atoms with E-state index in [0.717, 1.165) is 23.0 Å². The van der Waals surface area contributed by atoms with Gasteiger partial charge >= 0.3 is 5.69 Å². The number of non-ortho nitro benzene ring substituents is 1. The van der Waals surface area contributed by atoms with E-state index in [1.54, 1.807) is 31.3 Å². The fraction of sp³-hybridized carbons (Fsp3) is 0.160.